The van der Waals surface area contributed by atoms with Crippen LogP contribution in [0.5, 0.6) is 11.5 Å². The molecule has 0 radical (unpaired) electrons. The molecule has 4 heterocycles. The second kappa shape index (κ2) is 24.2. The van der Waals surface area contributed by atoms with Crippen molar-refractivity contribution in [2.24, 2.45) is 17.6 Å². The molecule has 4 aromatic rings. The number of amides is 1. The SMILES string of the molecule is CC(=O)NC1CN(C2CCC(CNc3nc(NCc4ccccc4OC(F)(F)F)ncc3[N+](=O)[O-])CC2)C1.NC1CN(C2CCC(CNc3nc(NCc4ccccc4OC(F)(F)F)ncc3[N+](=O)[O-])CC2)C1. The number of para-hydroxylation sites is 2. The lowest BCUT2D eigenvalue weighted by Gasteiger charge is -2.46. The van der Waals surface area contributed by atoms with Crippen LogP contribution in [-0.4, -0.2) is 122 Å². The van der Waals surface area contributed by atoms with Crippen molar-refractivity contribution in [2.45, 2.75) is 108 Å². The van der Waals surface area contributed by atoms with Crippen LogP contribution < -0.4 is 41.8 Å². The number of aromatic nitrogens is 4. The molecule has 21 nitrogen and oxygen atoms in total. The van der Waals surface area contributed by atoms with Gasteiger partial charge in [-0.2, -0.15) is 9.97 Å². The lowest BCUT2D eigenvalue weighted by atomic mass is 9.84. The summed E-state index contributed by atoms with van der Waals surface area (Å²) in [7, 11) is 0. The van der Waals surface area contributed by atoms with Crippen LogP contribution in [-0.2, 0) is 17.9 Å². The molecule has 396 valence electrons. The first-order chi connectivity index (χ1) is 34.7. The lowest BCUT2D eigenvalue weighted by molar-refractivity contribution is -0.384. The average molecular weight is 1030 g/mol. The Morgan fingerprint density at radius 1 is 0.658 bits per heavy atom. The maximum Gasteiger partial charge on any atom is 0.573 e. The van der Waals surface area contributed by atoms with E-state index >= 15 is 0 Å². The van der Waals surface area contributed by atoms with Gasteiger partial charge in [0.05, 0.1) is 15.9 Å². The van der Waals surface area contributed by atoms with E-state index in [2.05, 4.69) is 65.8 Å². The van der Waals surface area contributed by atoms with Crippen molar-refractivity contribution in [1.29, 1.82) is 0 Å². The number of hydrogen-bond donors (Lipinski definition) is 6. The Morgan fingerprint density at radius 2 is 1.05 bits per heavy atom. The molecule has 2 saturated heterocycles. The Morgan fingerprint density at radius 3 is 1.42 bits per heavy atom. The normalized spacial score (nSPS) is 20.8. The number of alkyl halides is 6. The summed E-state index contributed by atoms with van der Waals surface area (Å²) in [6, 6.07) is 12.9. The fourth-order valence-electron chi connectivity index (χ4n) is 9.49. The number of carbonyl (C=O) groups excluding carboxylic acids is 1. The Balaban J connectivity index is 0.000000214. The minimum Gasteiger partial charge on any atom is -0.405 e. The zero-order chi connectivity index (χ0) is 52.3. The first-order valence-corrected chi connectivity index (χ1v) is 23.9. The molecule has 2 aromatic heterocycles. The molecule has 7 N–H and O–H groups in total. The number of nitrogens with zero attached hydrogens (tertiary/aromatic N) is 8. The van der Waals surface area contributed by atoms with E-state index in [1.807, 2.05) is 0 Å². The molecule has 4 fully saturated rings. The van der Waals surface area contributed by atoms with Crippen LogP contribution in [0.2, 0.25) is 0 Å². The van der Waals surface area contributed by atoms with Gasteiger partial charge in [0.2, 0.25) is 29.4 Å². The highest BCUT2D eigenvalue weighted by molar-refractivity contribution is 5.73. The predicted octanol–water partition coefficient (Wildman–Crippen LogP) is 7.20. The minimum absolute atomic E-state index is 0.0121. The second-order valence-electron chi connectivity index (χ2n) is 18.6. The van der Waals surface area contributed by atoms with Crippen molar-refractivity contribution in [1.82, 2.24) is 35.1 Å². The molecule has 2 aliphatic heterocycles. The van der Waals surface area contributed by atoms with Crippen molar-refractivity contribution in [3.63, 3.8) is 0 Å². The zero-order valence-corrected chi connectivity index (χ0v) is 39.8. The van der Waals surface area contributed by atoms with Gasteiger partial charge in [0.1, 0.15) is 23.9 Å². The quantitative estimate of drug-likeness (QED) is 0.0308. The van der Waals surface area contributed by atoms with Crippen molar-refractivity contribution in [3.05, 3.63) is 92.3 Å². The summed E-state index contributed by atoms with van der Waals surface area (Å²) < 4.78 is 84.1. The molecule has 0 bridgehead atoms. The highest BCUT2D eigenvalue weighted by Gasteiger charge is 2.37. The van der Waals surface area contributed by atoms with Gasteiger partial charge < -0.3 is 41.8 Å². The predicted molar refractivity (Wildman–Crippen MR) is 255 cm³/mol. The van der Waals surface area contributed by atoms with E-state index in [1.54, 1.807) is 12.1 Å². The first-order valence-electron chi connectivity index (χ1n) is 23.9. The van der Waals surface area contributed by atoms with Gasteiger partial charge >= 0.3 is 24.1 Å². The number of likely N-dealkylation sites (tertiary alicyclic amines) is 2. The third kappa shape index (κ3) is 16.1. The Hall–Kier alpha value is -6.87. The van der Waals surface area contributed by atoms with Crippen LogP contribution in [0, 0.1) is 32.1 Å². The van der Waals surface area contributed by atoms with Crippen molar-refractivity contribution < 1.29 is 50.5 Å². The molecule has 27 heteroatoms. The summed E-state index contributed by atoms with van der Waals surface area (Å²) in [5.74, 6) is 0.179. The Bertz CT molecular complexity index is 2500. The average Bonchev–Trinajstić information content (AvgIpc) is 3.31. The molecule has 2 saturated carbocycles. The minimum atomic E-state index is -4.83. The molecule has 4 aliphatic rings. The van der Waals surface area contributed by atoms with E-state index in [0.717, 1.165) is 89.9 Å². The van der Waals surface area contributed by atoms with Crippen LogP contribution in [0.4, 0.5) is 61.2 Å². The topological polar surface area (TPSA) is 266 Å². The number of nitrogens with two attached hydrogens (primary N) is 1. The van der Waals surface area contributed by atoms with E-state index in [4.69, 9.17) is 5.73 Å². The monoisotopic (exact) mass is 1030 g/mol. The van der Waals surface area contributed by atoms with Crippen molar-refractivity contribution in [3.8, 4) is 11.5 Å². The molecular formula is C46H58F6N14O7. The number of ether oxygens (including phenoxy) is 2. The van der Waals surface area contributed by atoms with Gasteiger partial charge in [-0.05, 0) is 75.3 Å². The largest absolute Gasteiger partial charge is 0.573 e. The van der Waals surface area contributed by atoms with Crippen molar-refractivity contribution in [2.75, 3.05) is 60.5 Å². The van der Waals surface area contributed by atoms with Crippen LogP contribution >= 0.6 is 0 Å². The second-order valence-corrected chi connectivity index (χ2v) is 18.6. The van der Waals surface area contributed by atoms with Gasteiger partial charge in [-0.1, -0.05) is 36.4 Å². The van der Waals surface area contributed by atoms with E-state index in [0.29, 0.717) is 37.0 Å². The van der Waals surface area contributed by atoms with E-state index in [-0.39, 0.29) is 88.6 Å². The lowest BCUT2D eigenvalue weighted by Crippen LogP contribution is -2.62. The molecule has 73 heavy (non-hydrogen) atoms. The highest BCUT2D eigenvalue weighted by Crippen LogP contribution is 2.34. The van der Waals surface area contributed by atoms with Gasteiger partial charge in [-0.3, -0.25) is 34.8 Å². The number of halogens is 6. The van der Waals surface area contributed by atoms with Gasteiger partial charge in [-0.25, -0.2) is 9.97 Å². The van der Waals surface area contributed by atoms with E-state index in [9.17, 15) is 51.4 Å². The standard InChI is InChI=1S/C24H30F3N7O4.C22H28F3N7O3/c1-15(35)31-18-13-33(14-18)19-8-6-16(7-9-19)10-28-22-20(34(36)37)12-30-23(32-22)29-11-17-4-2-3-5-21(17)38-24(25,26)27;23-22(24,25)35-19-4-2-1-3-15(19)10-28-21-29-11-18(32(33)34)20(30-21)27-9-14-5-7-17(8-6-14)31-12-16(26)13-31/h2-5,12,16,18-19H,6-11,13-14H2,1H3,(H,31,35)(H2,28,29,30,32);1-4,11,14,16-17H,5-10,12-13,26H2,(H2,27,28,29,30). The summed E-state index contributed by atoms with van der Waals surface area (Å²) in [4.78, 5) is 54.1. The van der Waals surface area contributed by atoms with Crippen LogP contribution in [0.1, 0.15) is 69.4 Å². The third-order valence-electron chi connectivity index (χ3n) is 13.2. The number of rotatable bonds is 19. The number of nitrogens with one attached hydrogen (secondary N) is 5. The van der Waals surface area contributed by atoms with Crippen molar-refractivity contribution >= 4 is 40.8 Å². The number of carbonyl (C=O) groups is 1. The number of nitro groups is 2. The van der Waals surface area contributed by atoms with Gasteiger partial charge in [0, 0.05) is 88.5 Å². The molecule has 8 rings (SSSR count). The summed E-state index contributed by atoms with van der Waals surface area (Å²) in [6.07, 6.45) is 0.577. The maximum absolute atomic E-state index is 12.7. The number of anilines is 4. The molecular weight excluding hydrogens is 975 g/mol. The van der Waals surface area contributed by atoms with Gasteiger partial charge in [0.15, 0.2) is 0 Å². The Kier molecular flexibility index (Phi) is 17.9. The number of hydrogen-bond acceptors (Lipinski definition) is 18. The van der Waals surface area contributed by atoms with Crippen LogP contribution in [0.25, 0.3) is 0 Å². The maximum atomic E-state index is 12.7. The Labute approximate surface area is 415 Å². The fourth-order valence-corrected chi connectivity index (χ4v) is 9.49. The summed E-state index contributed by atoms with van der Waals surface area (Å²) in [6.45, 7) is 6.04. The van der Waals surface area contributed by atoms with Crippen LogP contribution in [0.3, 0.4) is 0 Å². The summed E-state index contributed by atoms with van der Waals surface area (Å²) in [5, 5.41) is 37.7. The third-order valence-corrected chi connectivity index (χ3v) is 13.2. The molecule has 1 amide bonds. The molecule has 2 aromatic carbocycles. The summed E-state index contributed by atoms with van der Waals surface area (Å²) >= 11 is 0. The number of benzene rings is 2. The highest BCUT2D eigenvalue weighted by atomic mass is 19.4. The van der Waals surface area contributed by atoms with Gasteiger partial charge in [-0.15, -0.1) is 26.3 Å². The zero-order valence-electron chi connectivity index (χ0n) is 39.8. The fraction of sp³-hybridized carbons (Fsp3) is 0.543. The molecule has 0 unspecified atom stereocenters. The molecule has 2 aliphatic carbocycles. The van der Waals surface area contributed by atoms with Gasteiger partial charge in [0.25, 0.3) is 0 Å². The van der Waals surface area contributed by atoms with E-state index < -0.39 is 22.6 Å². The smallest absolute Gasteiger partial charge is 0.405 e. The first kappa shape index (κ1) is 53.9. The van der Waals surface area contributed by atoms with Crippen LogP contribution in [0.15, 0.2) is 60.9 Å². The summed E-state index contributed by atoms with van der Waals surface area (Å²) in [5.41, 5.74) is 5.79. The van der Waals surface area contributed by atoms with E-state index in [1.165, 1.54) is 43.3 Å². The molecule has 0 atom stereocenters. The molecule has 0 spiro atoms.